The zero-order valence-electron chi connectivity index (χ0n) is 17.9. The molecule has 0 saturated carbocycles. The number of aryl methyl sites for hydroxylation is 1. The number of carbonyl (C=O) groups is 1. The molecule has 2 aromatic heterocycles. The second-order valence-corrected chi connectivity index (χ2v) is 7.96. The van der Waals surface area contributed by atoms with Crippen molar-refractivity contribution in [2.75, 3.05) is 14.2 Å². The van der Waals surface area contributed by atoms with Crippen molar-refractivity contribution in [3.63, 3.8) is 0 Å². The Morgan fingerprint density at radius 2 is 1.97 bits per heavy atom. The van der Waals surface area contributed by atoms with Crippen LogP contribution in [0.5, 0.6) is 11.5 Å². The maximum atomic E-state index is 12.9. The lowest BCUT2D eigenvalue weighted by Gasteiger charge is -2.13. The van der Waals surface area contributed by atoms with E-state index >= 15 is 0 Å². The molecule has 0 aliphatic heterocycles. The number of aromatic nitrogens is 3. The summed E-state index contributed by atoms with van der Waals surface area (Å²) in [6.45, 7) is 2.09. The largest absolute Gasteiger partial charge is 0.493 e. The van der Waals surface area contributed by atoms with E-state index in [0.717, 1.165) is 28.2 Å². The molecule has 0 aliphatic rings. The zero-order chi connectivity index (χ0) is 22.7. The van der Waals surface area contributed by atoms with Crippen molar-refractivity contribution in [2.24, 2.45) is 0 Å². The molecule has 2 heterocycles. The van der Waals surface area contributed by atoms with Gasteiger partial charge in [-0.15, -0.1) is 0 Å². The van der Waals surface area contributed by atoms with Crippen molar-refractivity contribution in [1.82, 2.24) is 19.2 Å². The van der Waals surface area contributed by atoms with E-state index in [9.17, 15) is 9.59 Å². The van der Waals surface area contributed by atoms with Crippen molar-refractivity contribution >= 4 is 27.7 Å². The number of nitrogens with zero attached hydrogens (tertiary/aromatic N) is 3. The number of ether oxygens (including phenoxy) is 2. The van der Waals surface area contributed by atoms with Crippen LogP contribution in [0.15, 0.2) is 53.6 Å². The van der Waals surface area contributed by atoms with Gasteiger partial charge in [0.1, 0.15) is 22.5 Å². The molecule has 0 radical (unpaired) electrons. The minimum atomic E-state index is -0.318. The van der Waals surface area contributed by atoms with Crippen LogP contribution in [0.25, 0.3) is 21.5 Å². The van der Waals surface area contributed by atoms with Crippen molar-refractivity contribution in [2.45, 2.75) is 20.0 Å². The highest BCUT2D eigenvalue weighted by atomic mass is 32.1. The summed E-state index contributed by atoms with van der Waals surface area (Å²) < 4.78 is 16.8. The summed E-state index contributed by atoms with van der Waals surface area (Å²) in [5, 5.41) is 2.81. The quantitative estimate of drug-likeness (QED) is 0.465. The van der Waals surface area contributed by atoms with Crippen LogP contribution < -0.4 is 20.3 Å². The molecule has 0 saturated heterocycles. The van der Waals surface area contributed by atoms with E-state index in [1.165, 1.54) is 10.9 Å². The van der Waals surface area contributed by atoms with Gasteiger partial charge in [-0.3, -0.25) is 14.2 Å². The third kappa shape index (κ3) is 4.19. The first kappa shape index (κ1) is 21.5. The highest BCUT2D eigenvalue weighted by Crippen LogP contribution is 2.30. The van der Waals surface area contributed by atoms with Crippen LogP contribution in [0.1, 0.15) is 11.1 Å². The van der Waals surface area contributed by atoms with Crippen LogP contribution in [0, 0.1) is 6.92 Å². The predicted molar refractivity (Wildman–Crippen MR) is 123 cm³/mol. The van der Waals surface area contributed by atoms with Crippen molar-refractivity contribution in [3.8, 4) is 22.8 Å². The van der Waals surface area contributed by atoms with Crippen LogP contribution in [0.4, 0.5) is 0 Å². The van der Waals surface area contributed by atoms with Gasteiger partial charge in [-0.05, 0) is 30.6 Å². The van der Waals surface area contributed by atoms with Gasteiger partial charge in [0, 0.05) is 17.7 Å². The second-order valence-electron chi connectivity index (χ2n) is 7.19. The minimum Gasteiger partial charge on any atom is -0.493 e. The number of hydrogen-bond acceptors (Lipinski definition) is 7. The molecule has 4 aromatic rings. The number of benzene rings is 2. The number of amides is 1. The summed E-state index contributed by atoms with van der Waals surface area (Å²) in [6.07, 6.45) is 1.39. The molecule has 32 heavy (non-hydrogen) atoms. The maximum Gasteiger partial charge on any atom is 0.273 e. The van der Waals surface area contributed by atoms with E-state index in [4.69, 9.17) is 9.47 Å². The Labute approximate surface area is 188 Å². The van der Waals surface area contributed by atoms with Crippen LogP contribution in [0.3, 0.4) is 0 Å². The number of rotatable bonds is 7. The maximum absolute atomic E-state index is 12.9. The third-order valence-electron chi connectivity index (χ3n) is 5.01. The lowest BCUT2D eigenvalue weighted by atomic mass is 10.1. The normalized spacial score (nSPS) is 10.8. The Bertz CT molecular complexity index is 1350. The second kappa shape index (κ2) is 9.19. The van der Waals surface area contributed by atoms with Crippen LogP contribution in [0.2, 0.25) is 0 Å². The van der Waals surface area contributed by atoms with Crippen molar-refractivity contribution in [1.29, 1.82) is 0 Å². The van der Waals surface area contributed by atoms with E-state index in [1.54, 1.807) is 20.3 Å². The first-order valence-electron chi connectivity index (χ1n) is 9.90. The van der Waals surface area contributed by atoms with Gasteiger partial charge >= 0.3 is 0 Å². The van der Waals surface area contributed by atoms with Gasteiger partial charge in [0.05, 0.1) is 20.5 Å². The van der Waals surface area contributed by atoms with Gasteiger partial charge in [-0.25, -0.2) is 4.98 Å². The van der Waals surface area contributed by atoms with Gasteiger partial charge < -0.3 is 14.8 Å². The number of nitrogens with one attached hydrogen (secondary N) is 1. The van der Waals surface area contributed by atoms with E-state index < -0.39 is 0 Å². The molecule has 0 unspecified atom stereocenters. The Hall–Kier alpha value is -3.72. The Kier molecular flexibility index (Phi) is 6.18. The number of carbonyl (C=O) groups excluding carboxylic acids is 1. The Morgan fingerprint density at radius 3 is 2.72 bits per heavy atom. The predicted octanol–water partition coefficient (Wildman–Crippen LogP) is 3.16. The molecule has 0 fully saturated rings. The van der Waals surface area contributed by atoms with Gasteiger partial charge in [0.25, 0.3) is 5.56 Å². The van der Waals surface area contributed by atoms with Crippen LogP contribution in [-0.4, -0.2) is 34.1 Å². The molecule has 8 nitrogen and oxygen atoms in total. The summed E-state index contributed by atoms with van der Waals surface area (Å²) in [4.78, 5) is 29.8. The molecule has 0 bridgehead atoms. The smallest absolute Gasteiger partial charge is 0.273 e. The van der Waals surface area contributed by atoms with Crippen molar-refractivity contribution in [3.05, 3.63) is 70.3 Å². The Morgan fingerprint density at radius 1 is 1.16 bits per heavy atom. The first-order valence-corrected chi connectivity index (χ1v) is 10.7. The third-order valence-corrected chi connectivity index (χ3v) is 5.84. The fourth-order valence-electron chi connectivity index (χ4n) is 3.45. The summed E-state index contributed by atoms with van der Waals surface area (Å²) in [5.41, 5.74) is 3.70. The topological polar surface area (TPSA) is 95.3 Å². The van der Waals surface area contributed by atoms with Gasteiger partial charge in [0.15, 0.2) is 11.5 Å². The lowest BCUT2D eigenvalue weighted by Crippen LogP contribution is -2.32. The fraction of sp³-hybridized carbons (Fsp3) is 0.217. The van der Waals surface area contributed by atoms with Crippen LogP contribution >= 0.6 is 11.5 Å². The lowest BCUT2D eigenvalue weighted by molar-refractivity contribution is -0.121. The average Bonchev–Trinajstić information content (AvgIpc) is 3.24. The minimum absolute atomic E-state index is 0.147. The summed E-state index contributed by atoms with van der Waals surface area (Å²) in [5.74, 6) is 0.824. The molecular weight excluding hydrogens is 428 g/mol. The monoisotopic (exact) mass is 450 g/mol. The summed E-state index contributed by atoms with van der Waals surface area (Å²) >= 11 is 1.09. The molecule has 164 valence electrons. The molecule has 1 amide bonds. The molecule has 0 spiro atoms. The van der Waals surface area contributed by atoms with E-state index in [0.29, 0.717) is 27.4 Å². The molecule has 0 aliphatic carbocycles. The Balaban J connectivity index is 1.52. The molecule has 2 aromatic carbocycles. The molecule has 1 N–H and O–H groups in total. The number of fused-ring (bicyclic) bond motifs is 1. The van der Waals surface area contributed by atoms with E-state index in [2.05, 4.69) is 14.7 Å². The number of para-hydroxylation sites is 1. The summed E-state index contributed by atoms with van der Waals surface area (Å²) in [6, 6.07) is 13.3. The SMILES string of the molecule is COc1cccc(CNC(=O)Cn2cnc3c(-c4cccc(C)c4)nsc3c2=O)c1OC. The number of methoxy groups -OCH3 is 2. The molecule has 9 heteroatoms. The molecule has 0 atom stereocenters. The highest BCUT2D eigenvalue weighted by Gasteiger charge is 2.16. The van der Waals surface area contributed by atoms with E-state index in [-0.39, 0.29) is 24.6 Å². The first-order chi connectivity index (χ1) is 15.5. The van der Waals surface area contributed by atoms with Crippen molar-refractivity contribution < 1.29 is 14.3 Å². The fourth-order valence-corrected chi connectivity index (χ4v) is 4.25. The summed E-state index contributed by atoms with van der Waals surface area (Å²) in [7, 11) is 3.10. The van der Waals surface area contributed by atoms with Crippen LogP contribution in [-0.2, 0) is 17.9 Å². The molecule has 4 rings (SSSR count). The number of hydrogen-bond donors (Lipinski definition) is 1. The zero-order valence-corrected chi connectivity index (χ0v) is 18.7. The standard InChI is InChI=1S/C23H22N4O4S/c1-14-6-4-7-15(10-14)19-20-22(32-26-19)23(29)27(13-25-20)12-18(28)24-11-16-8-5-9-17(30-2)21(16)31-3/h4-10,13H,11-12H2,1-3H3,(H,24,28). The average molecular weight is 451 g/mol. The van der Waals surface area contributed by atoms with E-state index in [1.807, 2.05) is 43.3 Å². The van der Waals surface area contributed by atoms with Gasteiger partial charge in [-0.1, -0.05) is 35.9 Å². The van der Waals surface area contributed by atoms with Gasteiger partial charge in [0.2, 0.25) is 5.91 Å². The molecular formula is C23H22N4O4S. The highest BCUT2D eigenvalue weighted by molar-refractivity contribution is 7.13. The van der Waals surface area contributed by atoms with Gasteiger partial charge in [-0.2, -0.15) is 4.37 Å².